The van der Waals surface area contributed by atoms with Gasteiger partial charge in [0.2, 0.25) is 0 Å². The first-order chi connectivity index (χ1) is 5.08. The summed E-state index contributed by atoms with van der Waals surface area (Å²) < 4.78 is 0. The highest BCUT2D eigenvalue weighted by atomic mass is 14.7. The summed E-state index contributed by atoms with van der Waals surface area (Å²) in [5, 5.41) is 0. The van der Waals surface area contributed by atoms with Crippen LogP contribution in [0.5, 0.6) is 0 Å². The fraction of sp³-hybridized carbons (Fsp3) is 1.00. The molecule has 0 atom stereocenters. The van der Waals surface area contributed by atoms with Crippen LogP contribution in [0.2, 0.25) is 0 Å². The Hall–Kier alpha value is -0.0400. The van der Waals surface area contributed by atoms with Crippen LogP contribution in [0.15, 0.2) is 0 Å². The van der Waals surface area contributed by atoms with Gasteiger partial charge in [-0.25, -0.2) is 0 Å². The Morgan fingerprint density at radius 3 is 2.00 bits per heavy atom. The average molecular weight is 155 g/mol. The van der Waals surface area contributed by atoms with Gasteiger partial charge in [-0.3, -0.25) is 0 Å². The predicted molar refractivity (Wildman–Crippen MR) is 49.4 cm³/mol. The first kappa shape index (κ1) is 9.05. The summed E-state index contributed by atoms with van der Waals surface area (Å²) in [5.74, 6) is 0. The van der Waals surface area contributed by atoms with Crippen LogP contribution in [-0.2, 0) is 0 Å². The van der Waals surface area contributed by atoms with E-state index < -0.39 is 0 Å². The van der Waals surface area contributed by atoms with Crippen molar-refractivity contribution in [2.75, 3.05) is 6.54 Å². The van der Waals surface area contributed by atoms with Crippen molar-refractivity contribution in [1.82, 2.24) is 0 Å². The van der Waals surface area contributed by atoms with E-state index in [0.717, 1.165) is 6.54 Å². The third kappa shape index (κ3) is 1.20. The summed E-state index contributed by atoms with van der Waals surface area (Å²) in [6.45, 7) is 7.88. The van der Waals surface area contributed by atoms with Crippen molar-refractivity contribution in [3.8, 4) is 0 Å². The molecule has 0 bridgehead atoms. The van der Waals surface area contributed by atoms with Crippen LogP contribution in [0.3, 0.4) is 0 Å². The largest absolute Gasteiger partial charge is 0.330 e. The zero-order chi connectivity index (χ0) is 8.54. The monoisotopic (exact) mass is 155 g/mol. The minimum atomic E-state index is 0.458. The van der Waals surface area contributed by atoms with Crippen molar-refractivity contribution in [1.29, 1.82) is 0 Å². The van der Waals surface area contributed by atoms with Crippen LogP contribution in [0.25, 0.3) is 0 Å². The SMILES string of the molecule is CCC(C)(C)C1(CN)CCC1. The van der Waals surface area contributed by atoms with Crippen molar-refractivity contribution >= 4 is 0 Å². The Bertz CT molecular complexity index is 128. The first-order valence-corrected chi connectivity index (χ1v) is 4.78. The summed E-state index contributed by atoms with van der Waals surface area (Å²) in [4.78, 5) is 0. The number of nitrogens with two attached hydrogens (primary N) is 1. The van der Waals surface area contributed by atoms with Crippen LogP contribution in [0, 0.1) is 10.8 Å². The molecule has 1 aliphatic rings. The highest BCUT2D eigenvalue weighted by Gasteiger charge is 2.46. The smallest absolute Gasteiger partial charge is 0.00154 e. The lowest BCUT2D eigenvalue weighted by molar-refractivity contribution is -0.00967. The molecule has 2 N–H and O–H groups in total. The standard InChI is InChI=1S/C10H21N/c1-4-9(2,3)10(8-11)6-5-7-10/h4-8,11H2,1-3H3. The van der Waals surface area contributed by atoms with Gasteiger partial charge in [-0.05, 0) is 30.2 Å². The molecular formula is C10H21N. The fourth-order valence-electron chi connectivity index (χ4n) is 2.14. The molecule has 0 aromatic heterocycles. The van der Waals surface area contributed by atoms with Crippen LogP contribution in [-0.4, -0.2) is 6.54 Å². The molecule has 1 fully saturated rings. The fourth-order valence-corrected chi connectivity index (χ4v) is 2.14. The Morgan fingerprint density at radius 1 is 1.36 bits per heavy atom. The van der Waals surface area contributed by atoms with Gasteiger partial charge >= 0.3 is 0 Å². The molecule has 1 heteroatoms. The second-order valence-electron chi connectivity index (χ2n) is 4.58. The van der Waals surface area contributed by atoms with E-state index in [1.165, 1.54) is 25.7 Å². The lowest BCUT2D eigenvalue weighted by atomic mass is 9.53. The van der Waals surface area contributed by atoms with E-state index in [2.05, 4.69) is 20.8 Å². The van der Waals surface area contributed by atoms with Crippen LogP contribution >= 0.6 is 0 Å². The van der Waals surface area contributed by atoms with Gasteiger partial charge < -0.3 is 5.73 Å². The van der Waals surface area contributed by atoms with E-state index >= 15 is 0 Å². The second-order valence-corrected chi connectivity index (χ2v) is 4.58. The molecule has 0 aromatic carbocycles. The number of hydrogen-bond acceptors (Lipinski definition) is 1. The van der Waals surface area contributed by atoms with E-state index in [0.29, 0.717) is 10.8 Å². The zero-order valence-electron chi connectivity index (χ0n) is 8.11. The van der Waals surface area contributed by atoms with Crippen molar-refractivity contribution < 1.29 is 0 Å². The molecule has 0 spiro atoms. The maximum absolute atomic E-state index is 5.83. The second kappa shape index (κ2) is 2.78. The summed E-state index contributed by atoms with van der Waals surface area (Å²) in [7, 11) is 0. The molecule has 1 rings (SSSR count). The van der Waals surface area contributed by atoms with Gasteiger partial charge in [0.1, 0.15) is 0 Å². The average Bonchev–Trinajstić information content (AvgIpc) is 1.86. The summed E-state index contributed by atoms with van der Waals surface area (Å²) >= 11 is 0. The van der Waals surface area contributed by atoms with Gasteiger partial charge in [-0.1, -0.05) is 33.6 Å². The van der Waals surface area contributed by atoms with Gasteiger partial charge in [0.15, 0.2) is 0 Å². The van der Waals surface area contributed by atoms with Crippen molar-refractivity contribution in [2.45, 2.75) is 46.5 Å². The quantitative estimate of drug-likeness (QED) is 0.666. The molecule has 66 valence electrons. The molecule has 1 aliphatic carbocycles. The summed E-state index contributed by atoms with van der Waals surface area (Å²) in [5.41, 5.74) is 6.78. The Morgan fingerprint density at radius 2 is 1.91 bits per heavy atom. The maximum Gasteiger partial charge on any atom is -0.00154 e. The molecule has 1 saturated carbocycles. The molecule has 0 saturated heterocycles. The minimum Gasteiger partial charge on any atom is -0.330 e. The molecule has 0 aliphatic heterocycles. The van der Waals surface area contributed by atoms with Crippen molar-refractivity contribution in [2.24, 2.45) is 16.6 Å². The van der Waals surface area contributed by atoms with Crippen LogP contribution in [0.4, 0.5) is 0 Å². The Kier molecular flexibility index (Phi) is 2.29. The van der Waals surface area contributed by atoms with Gasteiger partial charge in [0.05, 0.1) is 0 Å². The van der Waals surface area contributed by atoms with Crippen LogP contribution in [0.1, 0.15) is 46.5 Å². The minimum absolute atomic E-state index is 0.458. The van der Waals surface area contributed by atoms with Gasteiger partial charge in [0, 0.05) is 0 Å². The molecule has 0 amide bonds. The predicted octanol–water partition coefficient (Wildman–Crippen LogP) is 2.55. The Balaban J connectivity index is 2.68. The molecule has 0 heterocycles. The molecule has 0 unspecified atom stereocenters. The normalized spacial score (nSPS) is 22.9. The molecular weight excluding hydrogens is 134 g/mol. The van der Waals surface area contributed by atoms with Gasteiger partial charge in [0.25, 0.3) is 0 Å². The zero-order valence-corrected chi connectivity index (χ0v) is 8.11. The van der Waals surface area contributed by atoms with E-state index in [1.807, 2.05) is 0 Å². The molecule has 0 radical (unpaired) electrons. The van der Waals surface area contributed by atoms with Crippen molar-refractivity contribution in [3.63, 3.8) is 0 Å². The number of rotatable bonds is 3. The lowest BCUT2D eigenvalue weighted by Gasteiger charge is -2.52. The molecule has 11 heavy (non-hydrogen) atoms. The highest BCUT2D eigenvalue weighted by molar-refractivity contribution is 4.98. The maximum atomic E-state index is 5.83. The summed E-state index contributed by atoms with van der Waals surface area (Å²) in [6, 6.07) is 0. The van der Waals surface area contributed by atoms with Gasteiger partial charge in [-0.2, -0.15) is 0 Å². The number of hydrogen-bond donors (Lipinski definition) is 1. The lowest BCUT2D eigenvalue weighted by Crippen LogP contribution is -2.48. The van der Waals surface area contributed by atoms with E-state index in [4.69, 9.17) is 5.73 Å². The van der Waals surface area contributed by atoms with Gasteiger partial charge in [-0.15, -0.1) is 0 Å². The third-order valence-corrected chi connectivity index (χ3v) is 4.02. The molecule has 1 nitrogen and oxygen atoms in total. The molecule has 0 aromatic rings. The van der Waals surface area contributed by atoms with Crippen molar-refractivity contribution in [3.05, 3.63) is 0 Å². The van der Waals surface area contributed by atoms with Crippen LogP contribution < -0.4 is 5.73 Å². The topological polar surface area (TPSA) is 26.0 Å². The van der Waals surface area contributed by atoms with E-state index in [1.54, 1.807) is 0 Å². The highest BCUT2D eigenvalue weighted by Crippen LogP contribution is 2.54. The first-order valence-electron chi connectivity index (χ1n) is 4.78. The summed E-state index contributed by atoms with van der Waals surface area (Å²) in [6.07, 6.45) is 5.35. The van der Waals surface area contributed by atoms with E-state index in [-0.39, 0.29) is 0 Å². The Labute approximate surface area is 70.4 Å². The van der Waals surface area contributed by atoms with E-state index in [9.17, 15) is 0 Å². The third-order valence-electron chi connectivity index (χ3n) is 4.02.